The maximum Gasteiger partial charge on any atom is 0.271 e. The summed E-state index contributed by atoms with van der Waals surface area (Å²) >= 11 is 0. The van der Waals surface area contributed by atoms with E-state index in [2.05, 4.69) is 56.3 Å². The molecule has 4 atom stereocenters. The highest BCUT2D eigenvalue weighted by molar-refractivity contribution is 5.93. The number of aliphatic hydroxyl groups excluding tert-OH is 1. The first kappa shape index (κ1) is 37.9. The van der Waals surface area contributed by atoms with Gasteiger partial charge in [-0.05, 0) is 64.2 Å². The molecule has 1 aromatic heterocycles. The molecule has 0 unspecified atom stereocenters. The highest BCUT2D eigenvalue weighted by Crippen LogP contribution is 2.42. The standard InChI is InChI=1S/C45H44N6O6/c1-30-42(28-49-20-22-50(23-21-49)37-16-18-38(19-17-37)51(54)55)56-45(57-43(30)33-14-12-31(29-52)13-15-33)36-9-5-8-35(25-36)34-7-4-6-32(24-34)26-47-44(53)41-27-46-39-10-2-3-11-40(39)48-41/h2-19,24-25,27,30,42-43,45,52H,20-23,26,28-29H2,1H3,(H,47,53)/t30-,42+,43+,45+/m0/s1. The molecule has 2 aliphatic rings. The Balaban J connectivity index is 0.972. The highest BCUT2D eigenvalue weighted by atomic mass is 16.7. The molecular formula is C45H44N6O6. The number of benzene rings is 5. The Morgan fingerprint density at radius 1 is 0.825 bits per heavy atom. The summed E-state index contributed by atoms with van der Waals surface area (Å²) in [6, 6.07) is 38.5. The molecule has 6 aromatic rings. The number of para-hydroxylation sites is 2. The van der Waals surface area contributed by atoms with Gasteiger partial charge in [0.1, 0.15) is 5.69 Å². The van der Waals surface area contributed by atoms with Crippen LogP contribution in [0, 0.1) is 16.0 Å². The summed E-state index contributed by atoms with van der Waals surface area (Å²) < 4.78 is 13.6. The third kappa shape index (κ3) is 8.69. The molecule has 8 rings (SSSR count). The number of nitrogens with one attached hydrogen (secondary N) is 1. The summed E-state index contributed by atoms with van der Waals surface area (Å²) in [5, 5.41) is 23.8. The number of anilines is 1. The molecule has 1 amide bonds. The van der Waals surface area contributed by atoms with Gasteiger partial charge in [-0.3, -0.25) is 24.8 Å². The van der Waals surface area contributed by atoms with E-state index >= 15 is 0 Å². The van der Waals surface area contributed by atoms with E-state index in [1.807, 2.05) is 84.9 Å². The molecule has 290 valence electrons. The van der Waals surface area contributed by atoms with Crippen molar-refractivity contribution in [3.05, 3.63) is 166 Å². The van der Waals surface area contributed by atoms with Crippen molar-refractivity contribution in [2.75, 3.05) is 37.6 Å². The van der Waals surface area contributed by atoms with Crippen molar-refractivity contribution in [2.24, 2.45) is 5.92 Å². The van der Waals surface area contributed by atoms with Gasteiger partial charge in [0.2, 0.25) is 0 Å². The summed E-state index contributed by atoms with van der Waals surface area (Å²) in [4.78, 5) is 37.3. The van der Waals surface area contributed by atoms with Crippen LogP contribution < -0.4 is 10.2 Å². The van der Waals surface area contributed by atoms with E-state index in [4.69, 9.17) is 9.47 Å². The summed E-state index contributed by atoms with van der Waals surface area (Å²) in [7, 11) is 0. The Kier molecular flexibility index (Phi) is 11.3. The Hall–Kier alpha value is -6.05. The summed E-state index contributed by atoms with van der Waals surface area (Å²) in [5.41, 5.74) is 8.45. The lowest BCUT2D eigenvalue weighted by Crippen LogP contribution is -2.51. The number of aromatic nitrogens is 2. The minimum absolute atomic E-state index is 0.0267. The quantitative estimate of drug-likeness (QED) is 0.102. The van der Waals surface area contributed by atoms with Gasteiger partial charge in [0, 0.05) is 68.6 Å². The van der Waals surface area contributed by atoms with E-state index in [1.54, 1.807) is 12.1 Å². The van der Waals surface area contributed by atoms with Crippen LogP contribution in [0.25, 0.3) is 22.2 Å². The zero-order valence-electron chi connectivity index (χ0n) is 31.6. The molecule has 57 heavy (non-hydrogen) atoms. The van der Waals surface area contributed by atoms with Gasteiger partial charge in [-0.1, -0.05) is 79.7 Å². The Morgan fingerprint density at radius 3 is 2.28 bits per heavy atom. The third-order valence-electron chi connectivity index (χ3n) is 10.9. The molecule has 0 aliphatic carbocycles. The van der Waals surface area contributed by atoms with E-state index in [0.29, 0.717) is 12.1 Å². The maximum atomic E-state index is 13.0. The zero-order chi connectivity index (χ0) is 39.3. The summed E-state index contributed by atoms with van der Waals surface area (Å²) in [6.45, 7) is 6.44. The van der Waals surface area contributed by atoms with E-state index < -0.39 is 6.29 Å². The number of rotatable bonds is 11. The van der Waals surface area contributed by atoms with E-state index in [1.165, 1.54) is 6.20 Å². The minimum Gasteiger partial charge on any atom is -0.392 e. The van der Waals surface area contributed by atoms with Crippen molar-refractivity contribution in [1.82, 2.24) is 20.2 Å². The fourth-order valence-electron chi connectivity index (χ4n) is 7.62. The number of nitro benzene ring substituents is 1. The van der Waals surface area contributed by atoms with Crippen LogP contribution in [-0.4, -0.2) is 69.6 Å². The van der Waals surface area contributed by atoms with Crippen molar-refractivity contribution in [3.63, 3.8) is 0 Å². The largest absolute Gasteiger partial charge is 0.392 e. The average Bonchev–Trinajstić information content (AvgIpc) is 3.26. The Labute approximate surface area is 330 Å². The number of aliphatic hydroxyl groups is 1. The predicted octanol–water partition coefficient (Wildman–Crippen LogP) is 7.24. The average molecular weight is 765 g/mol. The lowest BCUT2D eigenvalue weighted by atomic mass is 9.89. The molecule has 0 spiro atoms. The number of non-ortho nitro benzene ring substituents is 1. The molecule has 0 bridgehead atoms. The van der Waals surface area contributed by atoms with Gasteiger partial charge in [-0.25, -0.2) is 4.98 Å². The number of nitro groups is 1. The van der Waals surface area contributed by atoms with E-state index in [9.17, 15) is 20.0 Å². The van der Waals surface area contributed by atoms with Crippen molar-refractivity contribution in [2.45, 2.75) is 38.6 Å². The molecular weight excluding hydrogens is 721 g/mol. The maximum absolute atomic E-state index is 13.0. The summed E-state index contributed by atoms with van der Waals surface area (Å²) in [5.74, 6) is -0.257. The second-order valence-corrected chi connectivity index (χ2v) is 14.6. The predicted molar refractivity (Wildman–Crippen MR) is 217 cm³/mol. The fraction of sp³-hybridized carbons (Fsp3) is 0.267. The van der Waals surface area contributed by atoms with Crippen LogP contribution in [0.4, 0.5) is 11.4 Å². The van der Waals surface area contributed by atoms with Crippen LogP contribution in [0.15, 0.2) is 128 Å². The molecule has 5 aromatic carbocycles. The number of fused-ring (bicyclic) bond motifs is 1. The van der Waals surface area contributed by atoms with Gasteiger partial charge >= 0.3 is 0 Å². The van der Waals surface area contributed by atoms with Crippen LogP contribution in [0.2, 0.25) is 0 Å². The van der Waals surface area contributed by atoms with Crippen LogP contribution in [0.3, 0.4) is 0 Å². The number of amides is 1. The lowest BCUT2D eigenvalue weighted by molar-refractivity contribution is -0.384. The first-order valence-electron chi connectivity index (χ1n) is 19.2. The second-order valence-electron chi connectivity index (χ2n) is 14.6. The van der Waals surface area contributed by atoms with Gasteiger partial charge in [-0.15, -0.1) is 0 Å². The molecule has 3 heterocycles. The smallest absolute Gasteiger partial charge is 0.271 e. The van der Waals surface area contributed by atoms with Gasteiger partial charge in [0.05, 0.1) is 41.0 Å². The molecule has 2 saturated heterocycles. The Morgan fingerprint density at radius 2 is 1.54 bits per heavy atom. The van der Waals surface area contributed by atoms with Gasteiger partial charge in [0.25, 0.3) is 11.6 Å². The summed E-state index contributed by atoms with van der Waals surface area (Å²) in [6.07, 6.45) is 0.492. The molecule has 12 nitrogen and oxygen atoms in total. The topological polar surface area (TPSA) is 143 Å². The van der Waals surface area contributed by atoms with Crippen molar-refractivity contribution < 1.29 is 24.3 Å². The van der Waals surface area contributed by atoms with Crippen LogP contribution in [0.5, 0.6) is 0 Å². The SMILES string of the molecule is C[C@H]1[C@@H](CN2CCN(c3ccc([N+](=O)[O-])cc3)CC2)O[C@@H](c2cccc(-c3cccc(CNC(=O)c4cnc5ccccc5n4)c3)c2)O[C@H]1c1ccc(CO)cc1. The number of hydrogen-bond acceptors (Lipinski definition) is 10. The number of hydrogen-bond donors (Lipinski definition) is 2. The molecule has 0 radical (unpaired) electrons. The first-order chi connectivity index (χ1) is 27.8. The molecule has 12 heteroatoms. The van der Waals surface area contributed by atoms with E-state index in [0.717, 1.165) is 77.3 Å². The fourth-order valence-corrected chi connectivity index (χ4v) is 7.62. The van der Waals surface area contributed by atoms with Crippen molar-refractivity contribution in [1.29, 1.82) is 0 Å². The molecule has 2 fully saturated rings. The number of piperazine rings is 1. The zero-order valence-corrected chi connectivity index (χ0v) is 31.6. The molecule has 2 N–H and O–H groups in total. The van der Waals surface area contributed by atoms with Gasteiger partial charge in [0.15, 0.2) is 6.29 Å². The lowest BCUT2D eigenvalue weighted by Gasteiger charge is -2.44. The number of carbonyl (C=O) groups excluding carboxylic acids is 1. The number of nitrogens with zero attached hydrogens (tertiary/aromatic N) is 5. The monoisotopic (exact) mass is 764 g/mol. The van der Waals surface area contributed by atoms with Crippen LogP contribution in [0.1, 0.15) is 52.1 Å². The van der Waals surface area contributed by atoms with Crippen molar-refractivity contribution >= 4 is 28.3 Å². The van der Waals surface area contributed by atoms with Crippen LogP contribution in [-0.2, 0) is 22.6 Å². The Bertz CT molecular complexity index is 2350. The van der Waals surface area contributed by atoms with Crippen molar-refractivity contribution in [3.8, 4) is 11.1 Å². The molecule has 0 saturated carbocycles. The normalized spacial score (nSPS) is 20.0. The number of ether oxygens (including phenoxy) is 2. The molecule has 2 aliphatic heterocycles. The van der Waals surface area contributed by atoms with Gasteiger partial charge in [-0.2, -0.15) is 0 Å². The van der Waals surface area contributed by atoms with Gasteiger partial charge < -0.3 is 24.8 Å². The van der Waals surface area contributed by atoms with E-state index in [-0.39, 0.29) is 46.9 Å². The minimum atomic E-state index is -0.624. The first-order valence-corrected chi connectivity index (χ1v) is 19.2. The highest BCUT2D eigenvalue weighted by Gasteiger charge is 2.39. The number of carbonyl (C=O) groups is 1. The second kappa shape index (κ2) is 17.0. The third-order valence-corrected chi connectivity index (χ3v) is 10.9. The van der Waals surface area contributed by atoms with Crippen LogP contribution >= 0.6 is 0 Å².